The van der Waals surface area contributed by atoms with Crippen LogP contribution in [0.2, 0.25) is 0 Å². The maximum absolute atomic E-state index is 11.1. The van der Waals surface area contributed by atoms with Crippen molar-refractivity contribution in [1.82, 2.24) is 0 Å². The summed E-state index contributed by atoms with van der Waals surface area (Å²) in [5.41, 5.74) is -0.488. The first-order chi connectivity index (χ1) is 5.49. The summed E-state index contributed by atoms with van der Waals surface area (Å²) in [6.45, 7) is 6.01. The molecule has 1 rings (SSSR count). The first kappa shape index (κ1) is 9.56. The molecule has 0 amide bonds. The van der Waals surface area contributed by atoms with Gasteiger partial charge in [-0.3, -0.25) is 4.79 Å². The van der Waals surface area contributed by atoms with Crippen molar-refractivity contribution in [2.24, 2.45) is 17.3 Å². The molecule has 1 aliphatic carbocycles. The molecule has 1 aliphatic rings. The van der Waals surface area contributed by atoms with E-state index in [0.29, 0.717) is 11.8 Å². The molecule has 2 unspecified atom stereocenters. The molecule has 0 spiro atoms. The molecule has 0 aromatic carbocycles. The highest BCUT2D eigenvalue weighted by Crippen LogP contribution is 2.44. The molecule has 0 radical (unpaired) electrons. The van der Waals surface area contributed by atoms with Gasteiger partial charge in [0, 0.05) is 0 Å². The average molecular weight is 170 g/mol. The highest BCUT2D eigenvalue weighted by atomic mass is 16.4. The van der Waals surface area contributed by atoms with Gasteiger partial charge in [-0.1, -0.05) is 20.3 Å². The second-order valence-corrected chi connectivity index (χ2v) is 4.32. The minimum absolute atomic E-state index is 0.318. The predicted molar refractivity (Wildman–Crippen MR) is 47.9 cm³/mol. The molecule has 1 fully saturated rings. The fraction of sp³-hybridized carbons (Fsp3) is 0.900. The van der Waals surface area contributed by atoms with Crippen LogP contribution < -0.4 is 0 Å². The molecular formula is C10H18O2. The minimum atomic E-state index is -0.623. The van der Waals surface area contributed by atoms with Crippen molar-refractivity contribution < 1.29 is 9.90 Å². The van der Waals surface area contributed by atoms with Gasteiger partial charge >= 0.3 is 5.97 Å². The van der Waals surface area contributed by atoms with E-state index < -0.39 is 11.4 Å². The van der Waals surface area contributed by atoms with Crippen molar-refractivity contribution in [3.63, 3.8) is 0 Å². The smallest absolute Gasteiger partial charge is 0.309 e. The van der Waals surface area contributed by atoms with Crippen LogP contribution in [0, 0.1) is 17.3 Å². The Kier molecular flexibility index (Phi) is 2.45. The van der Waals surface area contributed by atoms with Gasteiger partial charge in [0.1, 0.15) is 0 Å². The molecule has 0 aliphatic heterocycles. The third-order valence-corrected chi connectivity index (χ3v) is 3.78. The van der Waals surface area contributed by atoms with Crippen molar-refractivity contribution in [3.05, 3.63) is 0 Å². The van der Waals surface area contributed by atoms with Crippen molar-refractivity contribution in [3.8, 4) is 0 Å². The van der Waals surface area contributed by atoms with Crippen LogP contribution in [0.4, 0.5) is 0 Å². The third kappa shape index (κ3) is 1.23. The van der Waals surface area contributed by atoms with E-state index in [1.54, 1.807) is 0 Å². The number of carboxylic acids is 1. The van der Waals surface area contributed by atoms with Crippen LogP contribution in [0.5, 0.6) is 0 Å². The van der Waals surface area contributed by atoms with Crippen LogP contribution in [-0.4, -0.2) is 11.1 Å². The summed E-state index contributed by atoms with van der Waals surface area (Å²) in [6, 6.07) is 0. The number of hydrogen-bond acceptors (Lipinski definition) is 1. The molecule has 0 aromatic heterocycles. The molecule has 3 atom stereocenters. The summed E-state index contributed by atoms with van der Waals surface area (Å²) in [5, 5.41) is 9.14. The van der Waals surface area contributed by atoms with Gasteiger partial charge in [-0.25, -0.2) is 0 Å². The molecule has 2 heteroatoms. The number of hydrogen-bond donors (Lipinski definition) is 1. The molecule has 2 nitrogen and oxygen atoms in total. The fourth-order valence-corrected chi connectivity index (χ4v) is 2.24. The Bertz CT molecular complexity index is 176. The topological polar surface area (TPSA) is 37.3 Å². The SMILES string of the molecule is CC1CCC[C@H](C)C1(C)C(=O)O. The van der Waals surface area contributed by atoms with Gasteiger partial charge in [0.05, 0.1) is 5.41 Å². The van der Waals surface area contributed by atoms with Crippen molar-refractivity contribution >= 4 is 5.97 Å². The Morgan fingerprint density at radius 2 is 1.75 bits per heavy atom. The lowest BCUT2D eigenvalue weighted by Gasteiger charge is -2.41. The highest BCUT2D eigenvalue weighted by molar-refractivity contribution is 5.75. The van der Waals surface area contributed by atoms with Gasteiger partial charge in [0.25, 0.3) is 0 Å². The Hall–Kier alpha value is -0.530. The third-order valence-electron chi connectivity index (χ3n) is 3.78. The van der Waals surface area contributed by atoms with Crippen LogP contribution in [0.15, 0.2) is 0 Å². The van der Waals surface area contributed by atoms with Crippen LogP contribution in [0.25, 0.3) is 0 Å². The van der Waals surface area contributed by atoms with Crippen LogP contribution >= 0.6 is 0 Å². The molecule has 0 heterocycles. The monoisotopic (exact) mass is 170 g/mol. The van der Waals surface area contributed by atoms with E-state index >= 15 is 0 Å². The minimum Gasteiger partial charge on any atom is -0.481 e. The summed E-state index contributed by atoms with van der Waals surface area (Å²) < 4.78 is 0. The maximum Gasteiger partial charge on any atom is 0.309 e. The van der Waals surface area contributed by atoms with Gasteiger partial charge < -0.3 is 5.11 Å². The largest absolute Gasteiger partial charge is 0.481 e. The van der Waals surface area contributed by atoms with Crippen LogP contribution in [0.3, 0.4) is 0 Å². The number of rotatable bonds is 1. The summed E-state index contributed by atoms with van der Waals surface area (Å²) in [5.74, 6) is 0.0136. The molecule has 1 saturated carbocycles. The number of carboxylic acid groups (broad SMARTS) is 1. The van der Waals surface area contributed by atoms with E-state index in [0.717, 1.165) is 12.8 Å². The van der Waals surface area contributed by atoms with Gasteiger partial charge in [0.15, 0.2) is 0 Å². The lowest BCUT2D eigenvalue weighted by molar-refractivity contribution is -0.157. The zero-order valence-electron chi connectivity index (χ0n) is 8.13. The number of aliphatic carboxylic acids is 1. The summed E-state index contributed by atoms with van der Waals surface area (Å²) in [7, 11) is 0. The Morgan fingerprint density at radius 3 is 2.00 bits per heavy atom. The van der Waals surface area contributed by atoms with E-state index in [2.05, 4.69) is 13.8 Å². The van der Waals surface area contributed by atoms with E-state index in [1.165, 1.54) is 6.42 Å². The van der Waals surface area contributed by atoms with Gasteiger partial charge in [-0.2, -0.15) is 0 Å². The van der Waals surface area contributed by atoms with Crippen molar-refractivity contribution in [2.75, 3.05) is 0 Å². The second kappa shape index (κ2) is 3.08. The summed E-state index contributed by atoms with van der Waals surface area (Å²) in [4.78, 5) is 11.1. The molecule has 1 N–H and O–H groups in total. The van der Waals surface area contributed by atoms with E-state index in [-0.39, 0.29) is 0 Å². The zero-order chi connectivity index (χ0) is 9.35. The quantitative estimate of drug-likeness (QED) is 0.656. The second-order valence-electron chi connectivity index (χ2n) is 4.32. The molecule has 70 valence electrons. The van der Waals surface area contributed by atoms with E-state index in [4.69, 9.17) is 5.11 Å². The molecular weight excluding hydrogens is 152 g/mol. The Morgan fingerprint density at radius 1 is 1.33 bits per heavy atom. The molecule has 0 aromatic rings. The fourth-order valence-electron chi connectivity index (χ4n) is 2.24. The first-order valence-corrected chi connectivity index (χ1v) is 4.73. The predicted octanol–water partition coefficient (Wildman–Crippen LogP) is 2.53. The zero-order valence-corrected chi connectivity index (χ0v) is 8.13. The Balaban J connectivity index is 2.87. The van der Waals surface area contributed by atoms with E-state index in [1.807, 2.05) is 6.92 Å². The molecule has 0 bridgehead atoms. The van der Waals surface area contributed by atoms with Crippen molar-refractivity contribution in [2.45, 2.75) is 40.0 Å². The first-order valence-electron chi connectivity index (χ1n) is 4.73. The van der Waals surface area contributed by atoms with Crippen LogP contribution in [-0.2, 0) is 4.79 Å². The molecule has 0 saturated heterocycles. The van der Waals surface area contributed by atoms with Crippen LogP contribution in [0.1, 0.15) is 40.0 Å². The summed E-state index contributed by atoms with van der Waals surface area (Å²) in [6.07, 6.45) is 3.31. The van der Waals surface area contributed by atoms with Gasteiger partial charge in [0.2, 0.25) is 0 Å². The van der Waals surface area contributed by atoms with E-state index in [9.17, 15) is 4.79 Å². The van der Waals surface area contributed by atoms with Gasteiger partial charge in [-0.15, -0.1) is 0 Å². The normalized spacial score (nSPS) is 42.6. The van der Waals surface area contributed by atoms with Gasteiger partial charge in [-0.05, 0) is 31.6 Å². The number of carbonyl (C=O) groups is 1. The standard InChI is InChI=1S/C10H18O2/c1-7-5-4-6-8(2)10(7,3)9(11)12/h7-8H,4-6H2,1-3H3,(H,11,12)/t7-,8?,10?/m0/s1. The maximum atomic E-state index is 11.1. The lowest BCUT2D eigenvalue weighted by Crippen LogP contribution is -2.42. The highest BCUT2D eigenvalue weighted by Gasteiger charge is 2.45. The Labute approximate surface area is 74.0 Å². The molecule has 12 heavy (non-hydrogen) atoms. The lowest BCUT2D eigenvalue weighted by atomic mass is 9.62. The van der Waals surface area contributed by atoms with Crippen molar-refractivity contribution in [1.29, 1.82) is 0 Å². The average Bonchev–Trinajstić information content (AvgIpc) is 1.99. The summed E-state index contributed by atoms with van der Waals surface area (Å²) >= 11 is 0.